The fourth-order valence-electron chi connectivity index (χ4n) is 1.85. The lowest BCUT2D eigenvalue weighted by Gasteiger charge is -2.11. The third kappa shape index (κ3) is 2.62. The summed E-state index contributed by atoms with van der Waals surface area (Å²) in [6.45, 7) is 0.746. The fourth-order valence-corrected chi connectivity index (χ4v) is 1.85. The first-order valence-electron chi connectivity index (χ1n) is 5.56. The van der Waals surface area contributed by atoms with Crippen molar-refractivity contribution in [3.05, 3.63) is 34.1 Å². The quantitative estimate of drug-likeness (QED) is 0.630. The number of benzene rings is 1. The largest absolute Gasteiger partial charge is 0.322 e. The van der Waals surface area contributed by atoms with E-state index in [-0.39, 0.29) is 23.3 Å². The van der Waals surface area contributed by atoms with Crippen LogP contribution in [0.25, 0.3) is 0 Å². The van der Waals surface area contributed by atoms with Gasteiger partial charge in [0.05, 0.1) is 16.7 Å². The smallest absolute Gasteiger partial charge is 0.271 e. The summed E-state index contributed by atoms with van der Waals surface area (Å²) in [6, 6.07) is 2.68. The topological polar surface area (TPSA) is 84.3 Å². The molecule has 1 heterocycles. The first kappa shape index (κ1) is 12.4. The molecule has 18 heavy (non-hydrogen) atoms. The second-order valence-electron chi connectivity index (χ2n) is 4.06. The van der Waals surface area contributed by atoms with Gasteiger partial charge in [0.2, 0.25) is 5.91 Å². The molecule has 0 aromatic heterocycles. The van der Waals surface area contributed by atoms with Gasteiger partial charge in [-0.1, -0.05) is 0 Å². The molecule has 1 fully saturated rings. The predicted molar refractivity (Wildman–Crippen MR) is 62.7 cm³/mol. The molecule has 1 amide bonds. The van der Waals surface area contributed by atoms with Crippen molar-refractivity contribution < 1.29 is 14.1 Å². The number of hydrogen-bond donors (Lipinski definition) is 2. The first-order chi connectivity index (χ1) is 8.58. The van der Waals surface area contributed by atoms with Gasteiger partial charge in [-0.25, -0.2) is 4.39 Å². The summed E-state index contributed by atoms with van der Waals surface area (Å²) in [5.74, 6) is -1.06. The number of nitrogens with zero attached hydrogens (tertiary/aromatic N) is 1. The second-order valence-corrected chi connectivity index (χ2v) is 4.06. The Morgan fingerprint density at radius 1 is 1.56 bits per heavy atom. The average Bonchev–Trinajstić information content (AvgIpc) is 2.85. The highest BCUT2D eigenvalue weighted by Crippen LogP contribution is 2.21. The Labute approximate surface area is 102 Å². The molecule has 6 nitrogen and oxygen atoms in total. The highest BCUT2D eigenvalue weighted by Gasteiger charge is 2.23. The summed E-state index contributed by atoms with van der Waals surface area (Å²) in [5, 5.41) is 15.9. The van der Waals surface area contributed by atoms with Crippen molar-refractivity contribution in [1.29, 1.82) is 0 Å². The lowest BCUT2D eigenvalue weighted by Crippen LogP contribution is -2.35. The van der Waals surface area contributed by atoms with Crippen molar-refractivity contribution in [2.24, 2.45) is 0 Å². The summed E-state index contributed by atoms with van der Waals surface area (Å²) < 4.78 is 13.4. The van der Waals surface area contributed by atoms with Gasteiger partial charge in [0.25, 0.3) is 5.69 Å². The highest BCUT2D eigenvalue weighted by molar-refractivity contribution is 5.95. The number of nitro benzene ring substituents is 1. The van der Waals surface area contributed by atoms with Crippen LogP contribution in [0.2, 0.25) is 0 Å². The molecule has 2 rings (SSSR count). The molecule has 0 saturated carbocycles. The number of carbonyl (C=O) groups is 1. The van der Waals surface area contributed by atoms with Gasteiger partial charge in [-0.05, 0) is 25.5 Å². The van der Waals surface area contributed by atoms with Gasteiger partial charge in [-0.15, -0.1) is 0 Å². The van der Waals surface area contributed by atoms with Crippen LogP contribution >= 0.6 is 0 Å². The maximum atomic E-state index is 13.4. The van der Waals surface area contributed by atoms with Crippen LogP contribution in [0.5, 0.6) is 0 Å². The molecule has 1 saturated heterocycles. The Morgan fingerprint density at radius 2 is 2.33 bits per heavy atom. The molecule has 0 spiro atoms. The zero-order valence-electron chi connectivity index (χ0n) is 9.48. The van der Waals surface area contributed by atoms with Gasteiger partial charge in [0.1, 0.15) is 5.82 Å². The molecule has 0 radical (unpaired) electrons. The van der Waals surface area contributed by atoms with Crippen LogP contribution < -0.4 is 10.6 Å². The number of carbonyl (C=O) groups excluding carboxylic acids is 1. The van der Waals surface area contributed by atoms with Gasteiger partial charge in [-0.2, -0.15) is 0 Å². The number of nitrogens with one attached hydrogen (secondary N) is 2. The molecule has 1 atom stereocenters. The van der Waals surface area contributed by atoms with Crippen LogP contribution in [0.1, 0.15) is 12.8 Å². The predicted octanol–water partition coefficient (Wildman–Crippen LogP) is 1.42. The van der Waals surface area contributed by atoms with E-state index >= 15 is 0 Å². The van der Waals surface area contributed by atoms with Gasteiger partial charge in [0.15, 0.2) is 0 Å². The number of amides is 1. The van der Waals surface area contributed by atoms with Crippen molar-refractivity contribution in [3.63, 3.8) is 0 Å². The summed E-state index contributed by atoms with van der Waals surface area (Å²) in [7, 11) is 0. The minimum Gasteiger partial charge on any atom is -0.322 e. The van der Waals surface area contributed by atoms with Crippen LogP contribution in [-0.2, 0) is 4.79 Å². The molecule has 1 aliphatic heterocycles. The van der Waals surface area contributed by atoms with Crippen LogP contribution in [0.15, 0.2) is 18.2 Å². The number of nitro groups is 1. The molecule has 1 aliphatic rings. The van der Waals surface area contributed by atoms with Crippen molar-refractivity contribution in [1.82, 2.24) is 5.32 Å². The molecule has 0 aliphatic carbocycles. The zero-order chi connectivity index (χ0) is 13.1. The van der Waals surface area contributed by atoms with Gasteiger partial charge < -0.3 is 10.6 Å². The second kappa shape index (κ2) is 5.09. The first-order valence-corrected chi connectivity index (χ1v) is 5.56. The van der Waals surface area contributed by atoms with E-state index in [1.807, 2.05) is 0 Å². The molecule has 7 heteroatoms. The van der Waals surface area contributed by atoms with Crippen LogP contribution in [0, 0.1) is 15.9 Å². The molecule has 0 unspecified atom stereocenters. The number of halogens is 1. The summed E-state index contributed by atoms with van der Waals surface area (Å²) >= 11 is 0. The number of rotatable bonds is 3. The zero-order valence-corrected chi connectivity index (χ0v) is 9.48. The van der Waals surface area contributed by atoms with E-state index < -0.39 is 10.7 Å². The summed E-state index contributed by atoms with van der Waals surface area (Å²) in [4.78, 5) is 21.7. The molecule has 96 valence electrons. The van der Waals surface area contributed by atoms with Crippen LogP contribution in [0.3, 0.4) is 0 Å². The van der Waals surface area contributed by atoms with Crippen LogP contribution in [0.4, 0.5) is 15.8 Å². The fraction of sp³-hybridized carbons (Fsp3) is 0.364. The lowest BCUT2D eigenvalue weighted by atomic mass is 10.2. The lowest BCUT2D eigenvalue weighted by molar-refractivity contribution is -0.384. The maximum absolute atomic E-state index is 13.4. The molecule has 1 aromatic carbocycles. The third-order valence-electron chi connectivity index (χ3n) is 2.80. The van der Waals surface area contributed by atoms with Gasteiger partial charge in [0, 0.05) is 12.1 Å². The standard InChI is InChI=1S/C11H12FN3O3/c12-8-4-3-7(15(17)18)6-10(8)14-11(16)9-2-1-5-13-9/h3-4,6,9,13H,1-2,5H2,(H,14,16)/t9-/m0/s1. The SMILES string of the molecule is O=C(Nc1cc([N+](=O)[O-])ccc1F)[C@@H]1CCCN1. The van der Waals surface area contributed by atoms with E-state index in [1.165, 1.54) is 0 Å². The summed E-state index contributed by atoms with van der Waals surface area (Å²) in [6.07, 6.45) is 1.57. The Hall–Kier alpha value is -2.02. The van der Waals surface area contributed by atoms with Gasteiger partial charge >= 0.3 is 0 Å². The van der Waals surface area contributed by atoms with Crippen molar-refractivity contribution in [3.8, 4) is 0 Å². The summed E-state index contributed by atoms with van der Waals surface area (Å²) in [5.41, 5.74) is -0.422. The van der Waals surface area contributed by atoms with Crippen molar-refractivity contribution >= 4 is 17.3 Å². The Balaban J connectivity index is 2.14. The molecular formula is C11H12FN3O3. The molecule has 1 aromatic rings. The van der Waals surface area contributed by atoms with E-state index in [0.29, 0.717) is 6.42 Å². The Bertz CT molecular complexity index is 486. The minimum atomic E-state index is -0.688. The number of anilines is 1. The van der Waals surface area contributed by atoms with E-state index in [2.05, 4.69) is 10.6 Å². The van der Waals surface area contributed by atoms with Crippen LogP contribution in [-0.4, -0.2) is 23.4 Å². The molecule has 0 bridgehead atoms. The van der Waals surface area contributed by atoms with E-state index in [1.54, 1.807) is 0 Å². The average molecular weight is 253 g/mol. The van der Waals surface area contributed by atoms with Crippen molar-refractivity contribution in [2.75, 3.05) is 11.9 Å². The van der Waals surface area contributed by atoms with E-state index in [9.17, 15) is 19.3 Å². The number of hydrogen-bond acceptors (Lipinski definition) is 4. The molecule has 2 N–H and O–H groups in total. The number of non-ortho nitro benzene ring substituents is 1. The Kier molecular flexibility index (Phi) is 3.52. The van der Waals surface area contributed by atoms with E-state index in [0.717, 1.165) is 31.2 Å². The minimum absolute atomic E-state index is 0.164. The Morgan fingerprint density at radius 3 is 2.94 bits per heavy atom. The monoisotopic (exact) mass is 253 g/mol. The molecular weight excluding hydrogens is 241 g/mol. The highest BCUT2D eigenvalue weighted by atomic mass is 19.1. The maximum Gasteiger partial charge on any atom is 0.271 e. The normalized spacial score (nSPS) is 18.6. The van der Waals surface area contributed by atoms with Gasteiger partial charge in [-0.3, -0.25) is 14.9 Å². The van der Waals surface area contributed by atoms with E-state index in [4.69, 9.17) is 0 Å². The third-order valence-corrected chi connectivity index (χ3v) is 2.80. The van der Waals surface area contributed by atoms with Crippen molar-refractivity contribution in [2.45, 2.75) is 18.9 Å².